The zero-order valence-electron chi connectivity index (χ0n) is 14.7. The second-order valence-electron chi connectivity index (χ2n) is 5.64. The number of nitrogen functional groups attached to an aromatic ring is 1. The van der Waals surface area contributed by atoms with Crippen LogP contribution < -0.4 is 16.4 Å². The number of carbonyl (C=O) groups is 1. The fourth-order valence-electron chi connectivity index (χ4n) is 2.39. The van der Waals surface area contributed by atoms with Gasteiger partial charge in [0.05, 0.1) is 36.0 Å². The predicted octanol–water partition coefficient (Wildman–Crippen LogP) is 2.37. The number of pyridine rings is 1. The molecule has 0 saturated heterocycles. The smallest absolute Gasteiger partial charge is 0.320 e. The van der Waals surface area contributed by atoms with Crippen molar-refractivity contribution < 1.29 is 19.7 Å². The minimum atomic E-state index is -0.567. The Hall–Kier alpha value is -3.04. The number of nitrogens with zero attached hydrogens (tertiary/aromatic N) is 1. The van der Waals surface area contributed by atoms with Crippen molar-refractivity contribution in [2.24, 2.45) is 0 Å². The van der Waals surface area contributed by atoms with E-state index in [-0.39, 0.29) is 39.4 Å². The Bertz CT molecular complexity index is 875. The first-order chi connectivity index (χ1) is 12.8. The van der Waals surface area contributed by atoms with E-state index in [1.165, 1.54) is 25.3 Å². The zero-order chi connectivity index (χ0) is 20.1. The van der Waals surface area contributed by atoms with Gasteiger partial charge in [-0.2, -0.15) is 0 Å². The number of nitrogens with two attached hydrogens (primary N) is 1. The molecule has 9 nitrogen and oxygen atoms in total. The summed E-state index contributed by atoms with van der Waals surface area (Å²) in [5.41, 5.74) is 6.94. The summed E-state index contributed by atoms with van der Waals surface area (Å²) in [7, 11) is 1.30. The van der Waals surface area contributed by atoms with Crippen molar-refractivity contribution in [3.8, 4) is 5.75 Å². The van der Waals surface area contributed by atoms with Gasteiger partial charge < -0.3 is 26.0 Å². The van der Waals surface area contributed by atoms with Gasteiger partial charge >= 0.3 is 6.03 Å². The molecule has 0 aliphatic rings. The SMILES string of the molecule is COC(=N)c1c(N)cc(NC(=O)N[C@H](C)c2ccc(Cl)c(O)c2)nc1CO. The third-order valence-electron chi connectivity index (χ3n) is 3.77. The first kappa shape index (κ1) is 20.3. The number of phenolic OH excluding ortho intramolecular Hbond substituents is 1. The number of methoxy groups -OCH3 is 1. The van der Waals surface area contributed by atoms with Gasteiger partial charge in [-0.1, -0.05) is 17.7 Å². The van der Waals surface area contributed by atoms with E-state index in [9.17, 15) is 15.0 Å². The maximum Gasteiger partial charge on any atom is 0.320 e. The van der Waals surface area contributed by atoms with Crippen LogP contribution >= 0.6 is 11.6 Å². The third-order valence-corrected chi connectivity index (χ3v) is 4.08. The maximum atomic E-state index is 12.2. The van der Waals surface area contributed by atoms with Gasteiger partial charge in [-0.05, 0) is 24.6 Å². The average molecular weight is 394 g/mol. The van der Waals surface area contributed by atoms with E-state index in [2.05, 4.69) is 15.6 Å². The Balaban J connectivity index is 2.14. The Morgan fingerprint density at radius 1 is 1.44 bits per heavy atom. The second kappa shape index (κ2) is 8.56. The molecule has 0 unspecified atom stereocenters. The highest BCUT2D eigenvalue weighted by molar-refractivity contribution is 6.32. The summed E-state index contributed by atoms with van der Waals surface area (Å²) in [6, 6.07) is 5.03. The Morgan fingerprint density at radius 3 is 2.74 bits per heavy atom. The van der Waals surface area contributed by atoms with Crippen LogP contribution in [-0.4, -0.2) is 34.2 Å². The number of nitrogens with one attached hydrogen (secondary N) is 3. The minimum Gasteiger partial charge on any atom is -0.506 e. The highest BCUT2D eigenvalue weighted by Crippen LogP contribution is 2.26. The van der Waals surface area contributed by atoms with Crippen LogP contribution in [0, 0.1) is 5.41 Å². The number of hydrogen-bond donors (Lipinski definition) is 6. The average Bonchev–Trinajstić information content (AvgIpc) is 2.62. The molecule has 0 aliphatic carbocycles. The molecule has 0 aliphatic heterocycles. The number of aliphatic hydroxyl groups excluding tert-OH is 1. The van der Waals surface area contributed by atoms with Crippen molar-refractivity contribution in [1.82, 2.24) is 10.3 Å². The molecule has 2 rings (SSSR count). The number of carbonyl (C=O) groups excluding carboxylic acids is 1. The molecule has 0 spiro atoms. The van der Waals surface area contributed by atoms with Crippen molar-refractivity contribution in [1.29, 1.82) is 5.41 Å². The van der Waals surface area contributed by atoms with Gasteiger partial charge in [0.1, 0.15) is 11.6 Å². The summed E-state index contributed by atoms with van der Waals surface area (Å²) < 4.78 is 4.82. The fourth-order valence-corrected chi connectivity index (χ4v) is 2.51. The summed E-state index contributed by atoms with van der Waals surface area (Å²) in [6.45, 7) is 1.25. The van der Waals surface area contributed by atoms with Crippen molar-refractivity contribution in [3.05, 3.63) is 46.1 Å². The van der Waals surface area contributed by atoms with Gasteiger partial charge in [0.2, 0.25) is 5.90 Å². The number of aromatic nitrogens is 1. The lowest BCUT2D eigenvalue weighted by molar-refractivity contribution is 0.249. The molecule has 2 aromatic rings. The van der Waals surface area contributed by atoms with Crippen LogP contribution in [0.5, 0.6) is 5.75 Å². The Labute approximate surface area is 160 Å². The zero-order valence-corrected chi connectivity index (χ0v) is 15.5. The van der Waals surface area contributed by atoms with Crippen LogP contribution in [0.3, 0.4) is 0 Å². The second-order valence-corrected chi connectivity index (χ2v) is 6.05. The van der Waals surface area contributed by atoms with Crippen LogP contribution in [0.15, 0.2) is 24.3 Å². The highest BCUT2D eigenvalue weighted by atomic mass is 35.5. The maximum absolute atomic E-state index is 12.2. The number of phenols is 1. The van der Waals surface area contributed by atoms with E-state index in [0.717, 1.165) is 0 Å². The topological polar surface area (TPSA) is 154 Å². The molecule has 2 amide bonds. The number of amides is 2. The van der Waals surface area contributed by atoms with Gasteiger partial charge in [0, 0.05) is 11.8 Å². The molecular formula is C17H20ClN5O4. The van der Waals surface area contributed by atoms with Crippen LogP contribution in [0.4, 0.5) is 16.3 Å². The Morgan fingerprint density at radius 2 is 2.15 bits per heavy atom. The highest BCUT2D eigenvalue weighted by Gasteiger charge is 2.17. The van der Waals surface area contributed by atoms with E-state index in [4.69, 9.17) is 27.5 Å². The molecule has 0 fully saturated rings. The lowest BCUT2D eigenvalue weighted by Crippen LogP contribution is -2.31. The third kappa shape index (κ3) is 4.78. The standard InChI is InChI=1S/C17H20ClN5O4/c1-8(9-3-4-10(18)13(25)5-9)21-17(26)23-14-6-11(19)15(16(20)27-2)12(7-24)22-14/h3-6,8,20,24-25H,7H2,1-2H3,(H4,19,21,22,23,26)/t8-/m1/s1. The lowest BCUT2D eigenvalue weighted by atomic mass is 10.1. The van der Waals surface area contributed by atoms with Gasteiger partial charge in [0.25, 0.3) is 0 Å². The molecular weight excluding hydrogens is 374 g/mol. The number of benzene rings is 1. The van der Waals surface area contributed by atoms with Gasteiger partial charge in [-0.15, -0.1) is 0 Å². The molecule has 10 heteroatoms. The summed E-state index contributed by atoms with van der Waals surface area (Å²) in [5.74, 6) is -0.217. The monoisotopic (exact) mass is 393 g/mol. The van der Waals surface area contributed by atoms with Gasteiger partial charge in [-0.25, -0.2) is 9.78 Å². The molecule has 0 saturated carbocycles. The largest absolute Gasteiger partial charge is 0.506 e. The van der Waals surface area contributed by atoms with Crippen LogP contribution in [-0.2, 0) is 11.3 Å². The molecule has 7 N–H and O–H groups in total. The number of hydrogen-bond acceptors (Lipinski definition) is 7. The molecule has 1 aromatic heterocycles. The minimum absolute atomic E-state index is 0.0820. The van der Waals surface area contributed by atoms with Crippen molar-refractivity contribution in [3.63, 3.8) is 0 Å². The number of aromatic hydroxyl groups is 1. The number of urea groups is 1. The van der Waals surface area contributed by atoms with E-state index < -0.39 is 18.7 Å². The molecule has 0 bridgehead atoms. The van der Waals surface area contributed by atoms with Crippen molar-refractivity contribution >= 4 is 35.0 Å². The van der Waals surface area contributed by atoms with Crippen LogP contribution in [0.2, 0.25) is 5.02 Å². The van der Waals surface area contributed by atoms with E-state index in [0.29, 0.717) is 5.56 Å². The van der Waals surface area contributed by atoms with Crippen molar-refractivity contribution in [2.45, 2.75) is 19.6 Å². The fraction of sp³-hybridized carbons (Fsp3) is 0.235. The van der Waals surface area contributed by atoms with E-state index in [1.54, 1.807) is 13.0 Å². The van der Waals surface area contributed by atoms with Crippen LogP contribution in [0.1, 0.15) is 29.8 Å². The van der Waals surface area contributed by atoms with E-state index >= 15 is 0 Å². The molecule has 0 radical (unpaired) electrons. The molecule has 27 heavy (non-hydrogen) atoms. The van der Waals surface area contributed by atoms with Gasteiger partial charge in [0.15, 0.2) is 0 Å². The summed E-state index contributed by atoms with van der Waals surface area (Å²) >= 11 is 5.77. The van der Waals surface area contributed by atoms with Gasteiger partial charge in [-0.3, -0.25) is 10.7 Å². The summed E-state index contributed by atoms with van der Waals surface area (Å²) in [5, 5.41) is 32.2. The number of aliphatic hydroxyl groups is 1. The number of halogens is 1. The molecule has 1 atom stereocenters. The molecule has 144 valence electrons. The first-order valence-corrected chi connectivity index (χ1v) is 8.23. The van der Waals surface area contributed by atoms with Crippen molar-refractivity contribution in [2.75, 3.05) is 18.2 Å². The summed E-state index contributed by atoms with van der Waals surface area (Å²) in [6.07, 6.45) is 0. The molecule has 1 heterocycles. The quantitative estimate of drug-likeness (QED) is 0.338. The summed E-state index contributed by atoms with van der Waals surface area (Å²) in [4.78, 5) is 16.3. The Kier molecular flexibility index (Phi) is 6.43. The number of ether oxygens (including phenoxy) is 1. The molecule has 1 aromatic carbocycles. The lowest BCUT2D eigenvalue weighted by Gasteiger charge is -2.17. The number of anilines is 2. The predicted molar refractivity (Wildman–Crippen MR) is 102 cm³/mol. The van der Waals surface area contributed by atoms with E-state index in [1.807, 2.05) is 0 Å². The number of rotatable bonds is 5. The van der Waals surface area contributed by atoms with Crippen LogP contribution in [0.25, 0.3) is 0 Å². The first-order valence-electron chi connectivity index (χ1n) is 7.85. The normalized spacial score (nSPS) is 11.6.